The van der Waals surface area contributed by atoms with Gasteiger partial charge in [0.1, 0.15) is 30.9 Å². The Morgan fingerprint density at radius 2 is 1.29 bits per heavy atom. The SMILES string of the molecule is CN(CCN1CCC(OC(=O)Nc2ccccc2-c2ccccc2)CC1)C(=O)CCCCCNc1ccc(C(=O)N(C)CCCN(C)C(=O)CO[C@H]2Cc3ccccc3C23CCN(CC[C@@]2(c4ccc(F)cc4)CN(C(=O)c4cc(C(F)(F)F)cc(C(F)(F)F)c4)CO2)CC3)cc1. The fraction of sp³-hybridized carbons (Fsp3) is 0.446. The van der Waals surface area contributed by atoms with Crippen molar-refractivity contribution in [3.05, 3.63) is 190 Å². The van der Waals surface area contributed by atoms with Gasteiger partial charge in [-0.25, -0.2) is 9.18 Å². The van der Waals surface area contributed by atoms with Crippen LogP contribution in [0.25, 0.3) is 11.1 Å². The molecule has 518 valence electrons. The van der Waals surface area contributed by atoms with Gasteiger partial charge >= 0.3 is 18.4 Å². The minimum Gasteiger partial charge on any atom is -0.446 e. The van der Waals surface area contributed by atoms with Crippen molar-refractivity contribution in [1.82, 2.24) is 29.4 Å². The molecule has 0 saturated carbocycles. The first-order chi connectivity index (χ1) is 46.5. The number of fused-ring (bicyclic) bond motifs is 2. The highest BCUT2D eigenvalue weighted by Gasteiger charge is 2.50. The van der Waals surface area contributed by atoms with E-state index in [1.165, 1.54) is 24.3 Å². The molecule has 3 heterocycles. The normalized spacial score (nSPS) is 18.2. The number of likely N-dealkylation sites (tertiary alicyclic amines) is 2. The fourth-order valence-electron chi connectivity index (χ4n) is 13.7. The zero-order valence-electron chi connectivity index (χ0n) is 55.1. The Kier molecular flexibility index (Phi) is 23.5. The summed E-state index contributed by atoms with van der Waals surface area (Å²) in [6, 6.07) is 39.3. The van der Waals surface area contributed by atoms with Crippen LogP contribution in [0.15, 0.2) is 146 Å². The minimum atomic E-state index is -5.15. The number of nitrogens with one attached hydrogen (secondary N) is 2. The molecule has 3 aliphatic heterocycles. The number of benzene rings is 6. The highest BCUT2D eigenvalue weighted by molar-refractivity contribution is 5.95. The molecule has 5 amide bonds. The minimum absolute atomic E-state index is 0.0285. The number of nitrogens with zero attached hydrogens (tertiary/aromatic N) is 6. The van der Waals surface area contributed by atoms with Crippen LogP contribution in [-0.4, -0.2) is 178 Å². The number of ether oxygens (including phenoxy) is 3. The third-order valence-electron chi connectivity index (χ3n) is 19.5. The lowest BCUT2D eigenvalue weighted by molar-refractivity contribution is -0.143. The van der Waals surface area contributed by atoms with E-state index < -0.39 is 64.6 Å². The van der Waals surface area contributed by atoms with Gasteiger partial charge in [-0.2, -0.15) is 26.3 Å². The highest BCUT2D eigenvalue weighted by atomic mass is 19.4. The molecule has 0 aromatic heterocycles. The predicted octanol–water partition coefficient (Wildman–Crippen LogP) is 13.0. The van der Waals surface area contributed by atoms with E-state index in [0.717, 1.165) is 84.6 Å². The van der Waals surface area contributed by atoms with E-state index in [1.54, 1.807) is 40.9 Å². The van der Waals surface area contributed by atoms with Gasteiger partial charge in [0.2, 0.25) is 11.8 Å². The molecule has 2 N–H and O–H groups in total. The molecule has 1 spiro atoms. The molecular formula is C74H85F7N8O8. The molecule has 2 atom stereocenters. The van der Waals surface area contributed by atoms with Gasteiger partial charge in [0.15, 0.2) is 0 Å². The van der Waals surface area contributed by atoms with Crippen LogP contribution < -0.4 is 10.6 Å². The number of hydrogen-bond donors (Lipinski definition) is 2. The number of alkyl halides is 6. The number of halogens is 7. The van der Waals surface area contributed by atoms with Crippen molar-refractivity contribution in [2.24, 2.45) is 0 Å². The van der Waals surface area contributed by atoms with Gasteiger partial charge in [-0.05, 0) is 154 Å². The van der Waals surface area contributed by atoms with E-state index in [0.29, 0.717) is 107 Å². The number of para-hydroxylation sites is 1. The second kappa shape index (κ2) is 31.9. The molecule has 0 bridgehead atoms. The molecule has 97 heavy (non-hydrogen) atoms. The topological polar surface area (TPSA) is 157 Å². The zero-order valence-corrected chi connectivity index (χ0v) is 55.1. The average molecular weight is 1350 g/mol. The quantitative estimate of drug-likeness (QED) is 0.0394. The van der Waals surface area contributed by atoms with Crippen molar-refractivity contribution in [2.45, 2.75) is 106 Å². The second-order valence-electron chi connectivity index (χ2n) is 26.0. The van der Waals surface area contributed by atoms with Crippen molar-refractivity contribution in [3.63, 3.8) is 0 Å². The van der Waals surface area contributed by atoms with Crippen LogP contribution in [0.4, 0.5) is 46.9 Å². The molecule has 0 radical (unpaired) electrons. The number of amides is 5. The van der Waals surface area contributed by atoms with E-state index in [1.807, 2.05) is 85.9 Å². The van der Waals surface area contributed by atoms with Crippen LogP contribution in [0, 0.1) is 5.82 Å². The van der Waals surface area contributed by atoms with E-state index in [4.69, 9.17) is 14.2 Å². The highest BCUT2D eigenvalue weighted by Crippen LogP contribution is 2.48. The van der Waals surface area contributed by atoms with Gasteiger partial charge in [0, 0.05) is 108 Å². The molecule has 1 aliphatic carbocycles. The summed E-state index contributed by atoms with van der Waals surface area (Å²) in [6.45, 7) is 5.32. The number of unbranched alkanes of at least 4 members (excludes halogenated alkanes) is 2. The third kappa shape index (κ3) is 18.2. The standard InChI is InChI=1S/C74H85F7N8O8/c1-84(36-14-37-86(3)68(92)53-22-28-60(29-23-53)82-35-13-5-8-21-66(90)85(2)43-44-87-38-30-61(31-39-87)97-70(94)83-64-20-12-10-18-62(64)52-15-6-4-7-16-52)67(91)49-95-65-47-54-17-9-11-19-63(54)71(65)32-40-88(41-33-71)42-34-72(56-24-26-59(75)27-25-56)50-89(51-96-72)69(93)55-45-57(73(76,77)78)48-58(46-55)74(79,80)81/h4,6-7,9-12,15-20,22-29,45-46,48,61,65,82H,5,8,13-14,21,30-44,47,49-51H2,1-3H3,(H,83,94)/t65-,72-/m0/s1. The number of carbonyl (C=O) groups is 5. The Morgan fingerprint density at radius 1 is 0.649 bits per heavy atom. The van der Waals surface area contributed by atoms with Crippen molar-refractivity contribution < 1.29 is 68.9 Å². The average Bonchev–Trinajstić information content (AvgIpc) is 1.61. The molecule has 10 rings (SSSR count). The summed E-state index contributed by atoms with van der Waals surface area (Å²) in [5.41, 5.74) is 1.18. The maximum atomic E-state index is 14.2. The van der Waals surface area contributed by atoms with E-state index in [2.05, 4.69) is 32.6 Å². The largest absolute Gasteiger partial charge is 0.446 e. The summed E-state index contributed by atoms with van der Waals surface area (Å²) in [6.07, 6.45) is -4.02. The number of anilines is 2. The fourth-order valence-corrected chi connectivity index (χ4v) is 13.7. The van der Waals surface area contributed by atoms with Crippen molar-refractivity contribution in [3.8, 4) is 11.1 Å². The Hall–Kier alpha value is -8.38. The zero-order chi connectivity index (χ0) is 68.9. The molecule has 0 unspecified atom stereocenters. The van der Waals surface area contributed by atoms with Crippen LogP contribution in [0.3, 0.4) is 0 Å². The van der Waals surface area contributed by atoms with Crippen LogP contribution in [0.5, 0.6) is 0 Å². The van der Waals surface area contributed by atoms with Gasteiger partial charge in [-0.3, -0.25) is 24.5 Å². The number of rotatable bonds is 26. The summed E-state index contributed by atoms with van der Waals surface area (Å²) in [4.78, 5) is 77.4. The van der Waals surface area contributed by atoms with Gasteiger partial charge in [0.05, 0.1) is 29.5 Å². The lowest BCUT2D eigenvalue weighted by atomic mass is 9.72. The molecule has 3 saturated heterocycles. The van der Waals surface area contributed by atoms with Crippen LogP contribution in [0.1, 0.15) is 113 Å². The van der Waals surface area contributed by atoms with E-state index in [9.17, 15) is 54.7 Å². The van der Waals surface area contributed by atoms with E-state index in [-0.39, 0.29) is 55.6 Å². The number of hydrogen-bond acceptors (Lipinski definition) is 11. The van der Waals surface area contributed by atoms with Crippen molar-refractivity contribution >= 4 is 41.1 Å². The summed E-state index contributed by atoms with van der Waals surface area (Å²) >= 11 is 0. The monoisotopic (exact) mass is 1350 g/mol. The first kappa shape index (κ1) is 71.4. The Labute approximate surface area is 562 Å². The van der Waals surface area contributed by atoms with Crippen LogP contribution in [0.2, 0.25) is 0 Å². The molecule has 16 nitrogen and oxygen atoms in total. The number of carbonyl (C=O) groups excluding carboxylic acids is 5. The molecule has 4 aliphatic rings. The van der Waals surface area contributed by atoms with Crippen LogP contribution >= 0.6 is 0 Å². The number of likely N-dealkylation sites (N-methyl/N-ethyl adjacent to an activating group) is 2. The van der Waals surface area contributed by atoms with Crippen LogP contribution in [-0.2, 0) is 53.6 Å². The second-order valence-corrected chi connectivity index (χ2v) is 26.0. The Morgan fingerprint density at radius 3 is 1.99 bits per heavy atom. The molecular weight excluding hydrogens is 1260 g/mol. The Balaban J connectivity index is 0.604. The first-order valence-electron chi connectivity index (χ1n) is 33.3. The van der Waals surface area contributed by atoms with Gasteiger partial charge in [-0.15, -0.1) is 0 Å². The maximum Gasteiger partial charge on any atom is 0.416 e. The van der Waals surface area contributed by atoms with Gasteiger partial charge in [0.25, 0.3) is 11.8 Å². The molecule has 23 heteroatoms. The van der Waals surface area contributed by atoms with Crippen molar-refractivity contribution in [1.29, 1.82) is 0 Å². The van der Waals surface area contributed by atoms with Crippen molar-refractivity contribution in [2.75, 3.05) is 117 Å². The Bertz CT molecular complexity index is 3630. The first-order valence-corrected chi connectivity index (χ1v) is 33.3. The lowest BCUT2D eigenvalue weighted by Gasteiger charge is -2.44. The summed E-state index contributed by atoms with van der Waals surface area (Å²) < 4.78 is 116. The summed E-state index contributed by atoms with van der Waals surface area (Å²) in [5, 5.41) is 6.35. The van der Waals surface area contributed by atoms with Gasteiger partial charge < -0.3 is 48.9 Å². The maximum absolute atomic E-state index is 14.2. The third-order valence-corrected chi connectivity index (χ3v) is 19.5. The summed E-state index contributed by atoms with van der Waals surface area (Å²) in [5.74, 6) is -1.82. The molecule has 6 aromatic rings. The predicted molar refractivity (Wildman–Crippen MR) is 355 cm³/mol. The summed E-state index contributed by atoms with van der Waals surface area (Å²) in [7, 11) is 5.30. The lowest BCUT2D eigenvalue weighted by Crippen LogP contribution is -2.50. The van der Waals surface area contributed by atoms with Gasteiger partial charge in [-0.1, -0.05) is 91.3 Å². The smallest absolute Gasteiger partial charge is 0.416 e. The van der Waals surface area contributed by atoms with E-state index >= 15 is 0 Å². The molecule has 6 aromatic carbocycles. The number of piperidine rings is 2. The molecule has 3 fully saturated rings.